The number of fused-ring (bicyclic) bond motifs is 1. The summed E-state index contributed by atoms with van der Waals surface area (Å²) >= 11 is 0. The molecule has 1 heterocycles. The van der Waals surface area contributed by atoms with Gasteiger partial charge in [-0.3, -0.25) is 9.59 Å². The first-order valence-corrected chi connectivity index (χ1v) is 8.76. The number of aromatic nitrogens is 3. The fraction of sp³-hybridized carbons (Fsp3) is 0.250. The molecule has 0 aliphatic rings. The first-order valence-electron chi connectivity index (χ1n) is 8.76. The Morgan fingerprint density at radius 3 is 2.39 bits per heavy atom. The monoisotopic (exact) mass is 380 g/mol. The van der Waals surface area contributed by atoms with Crippen LogP contribution in [-0.4, -0.2) is 34.0 Å². The molecule has 1 aromatic heterocycles. The summed E-state index contributed by atoms with van der Waals surface area (Å²) in [5.74, 6) is -1.06. The maximum atomic E-state index is 12.9. The van der Waals surface area contributed by atoms with Crippen molar-refractivity contribution in [3.05, 3.63) is 64.4 Å². The molecule has 3 rings (SSSR count). The molecule has 0 bridgehead atoms. The van der Waals surface area contributed by atoms with E-state index in [1.165, 1.54) is 7.11 Å². The number of nitrogens with zero attached hydrogens (tertiary/aromatic N) is 3. The summed E-state index contributed by atoms with van der Waals surface area (Å²) in [5.41, 5.74) is 0.966. The van der Waals surface area contributed by atoms with Crippen LogP contribution in [0.15, 0.2) is 53.3 Å². The summed E-state index contributed by atoms with van der Waals surface area (Å²) in [4.78, 5) is 37.2. The highest BCUT2D eigenvalue weighted by Crippen LogP contribution is 2.19. The van der Waals surface area contributed by atoms with E-state index in [2.05, 4.69) is 20.4 Å². The summed E-state index contributed by atoms with van der Waals surface area (Å²) in [6.07, 6.45) is 0. The molecule has 8 heteroatoms. The third-order valence-corrected chi connectivity index (χ3v) is 4.33. The second-order valence-electron chi connectivity index (χ2n) is 6.60. The van der Waals surface area contributed by atoms with Crippen molar-refractivity contribution in [3.8, 4) is 0 Å². The Morgan fingerprint density at radius 1 is 1.07 bits per heavy atom. The molecule has 0 radical (unpaired) electrons. The lowest BCUT2D eigenvalue weighted by molar-refractivity contribution is -0.120. The Hall–Kier alpha value is -3.55. The van der Waals surface area contributed by atoms with Gasteiger partial charge in [0.05, 0.1) is 18.1 Å². The fourth-order valence-corrected chi connectivity index (χ4v) is 2.90. The molecule has 3 aromatic rings. The molecule has 0 spiro atoms. The van der Waals surface area contributed by atoms with E-state index in [0.717, 1.165) is 4.68 Å². The fourth-order valence-electron chi connectivity index (χ4n) is 2.90. The van der Waals surface area contributed by atoms with Crippen LogP contribution in [0.5, 0.6) is 0 Å². The zero-order valence-corrected chi connectivity index (χ0v) is 15.7. The number of hydrogen-bond donors (Lipinski definition) is 1. The molecule has 2 aromatic carbocycles. The molecular weight excluding hydrogens is 360 g/mol. The minimum absolute atomic E-state index is 0.206. The standard InChI is InChI=1S/C20H20N4O4/c1-12(2)17(24-19(26)15-6-4-5-7-16(15)22-23-24)18(25)21-14-10-8-13(9-11-14)20(27)28-3/h4-12,17H,1-3H3,(H,21,25)/t17-/m1/s1. The SMILES string of the molecule is COC(=O)c1ccc(NC(=O)[C@@H](C(C)C)n2nnc3ccccc3c2=O)cc1. The van der Waals surface area contributed by atoms with Crippen LogP contribution in [0, 0.1) is 5.92 Å². The average Bonchev–Trinajstić information content (AvgIpc) is 2.70. The molecule has 28 heavy (non-hydrogen) atoms. The van der Waals surface area contributed by atoms with E-state index in [9.17, 15) is 14.4 Å². The number of anilines is 1. The van der Waals surface area contributed by atoms with Gasteiger partial charge in [0, 0.05) is 5.69 Å². The average molecular weight is 380 g/mol. The maximum Gasteiger partial charge on any atom is 0.337 e. The largest absolute Gasteiger partial charge is 0.465 e. The summed E-state index contributed by atoms with van der Waals surface area (Å²) in [5, 5.41) is 11.2. The molecule has 1 atom stereocenters. The zero-order chi connectivity index (χ0) is 20.3. The summed E-state index contributed by atoms with van der Waals surface area (Å²) < 4.78 is 5.77. The molecule has 8 nitrogen and oxygen atoms in total. The van der Waals surface area contributed by atoms with E-state index < -0.39 is 17.9 Å². The number of benzene rings is 2. The maximum absolute atomic E-state index is 12.9. The number of carbonyl (C=O) groups excluding carboxylic acids is 2. The van der Waals surface area contributed by atoms with Gasteiger partial charge in [-0.15, -0.1) is 5.10 Å². The molecule has 0 saturated carbocycles. The lowest BCUT2D eigenvalue weighted by Gasteiger charge is -2.21. The minimum Gasteiger partial charge on any atom is -0.465 e. The summed E-state index contributed by atoms with van der Waals surface area (Å²) in [6.45, 7) is 3.65. The molecule has 0 saturated heterocycles. The van der Waals surface area contributed by atoms with Gasteiger partial charge in [0.2, 0.25) is 5.91 Å². The summed E-state index contributed by atoms with van der Waals surface area (Å²) in [6, 6.07) is 12.3. The van der Waals surface area contributed by atoms with Crippen molar-refractivity contribution in [2.75, 3.05) is 12.4 Å². The van der Waals surface area contributed by atoms with Crippen LogP contribution in [0.2, 0.25) is 0 Å². The molecule has 1 amide bonds. The predicted octanol–water partition coefficient (Wildman–Crippen LogP) is 2.41. The third kappa shape index (κ3) is 3.75. The predicted molar refractivity (Wildman–Crippen MR) is 104 cm³/mol. The smallest absolute Gasteiger partial charge is 0.337 e. The van der Waals surface area contributed by atoms with Crippen LogP contribution >= 0.6 is 0 Å². The van der Waals surface area contributed by atoms with Gasteiger partial charge in [-0.1, -0.05) is 31.2 Å². The number of ether oxygens (including phenoxy) is 1. The van der Waals surface area contributed by atoms with Gasteiger partial charge in [0.15, 0.2) is 0 Å². The van der Waals surface area contributed by atoms with Crippen LogP contribution in [0.3, 0.4) is 0 Å². The lowest BCUT2D eigenvalue weighted by atomic mass is 10.0. The first-order chi connectivity index (χ1) is 13.4. The van der Waals surface area contributed by atoms with Crippen molar-refractivity contribution in [3.63, 3.8) is 0 Å². The van der Waals surface area contributed by atoms with E-state index in [-0.39, 0.29) is 11.5 Å². The van der Waals surface area contributed by atoms with Gasteiger partial charge in [-0.2, -0.15) is 4.68 Å². The Labute approximate surface area is 161 Å². The third-order valence-electron chi connectivity index (χ3n) is 4.33. The van der Waals surface area contributed by atoms with E-state index in [4.69, 9.17) is 0 Å². The number of carbonyl (C=O) groups is 2. The van der Waals surface area contributed by atoms with Gasteiger partial charge >= 0.3 is 5.97 Å². The van der Waals surface area contributed by atoms with Crippen molar-refractivity contribution < 1.29 is 14.3 Å². The van der Waals surface area contributed by atoms with Gasteiger partial charge in [0.1, 0.15) is 11.6 Å². The lowest BCUT2D eigenvalue weighted by Crippen LogP contribution is -2.38. The highest BCUT2D eigenvalue weighted by Gasteiger charge is 2.27. The van der Waals surface area contributed by atoms with Gasteiger partial charge in [0.25, 0.3) is 5.56 Å². The number of amides is 1. The minimum atomic E-state index is -0.843. The van der Waals surface area contributed by atoms with Crippen molar-refractivity contribution in [2.24, 2.45) is 5.92 Å². The van der Waals surface area contributed by atoms with E-state index in [1.54, 1.807) is 48.5 Å². The highest BCUT2D eigenvalue weighted by atomic mass is 16.5. The van der Waals surface area contributed by atoms with Gasteiger partial charge in [-0.05, 0) is 42.3 Å². The molecule has 0 aliphatic heterocycles. The Balaban J connectivity index is 1.90. The molecule has 144 valence electrons. The molecular formula is C20H20N4O4. The van der Waals surface area contributed by atoms with Crippen LogP contribution in [0.4, 0.5) is 5.69 Å². The molecule has 1 N–H and O–H groups in total. The van der Waals surface area contributed by atoms with Crippen LogP contribution in [-0.2, 0) is 9.53 Å². The highest BCUT2D eigenvalue weighted by molar-refractivity contribution is 5.95. The van der Waals surface area contributed by atoms with Crippen molar-refractivity contribution in [1.29, 1.82) is 0 Å². The number of hydrogen-bond acceptors (Lipinski definition) is 6. The van der Waals surface area contributed by atoms with Crippen molar-refractivity contribution in [1.82, 2.24) is 15.0 Å². The molecule has 0 aliphatic carbocycles. The molecule has 0 unspecified atom stereocenters. The summed E-state index contributed by atoms with van der Waals surface area (Å²) in [7, 11) is 1.30. The second-order valence-corrected chi connectivity index (χ2v) is 6.60. The number of methoxy groups -OCH3 is 1. The Bertz CT molecular complexity index is 1070. The van der Waals surface area contributed by atoms with Crippen molar-refractivity contribution >= 4 is 28.5 Å². The van der Waals surface area contributed by atoms with Gasteiger partial charge in [-0.25, -0.2) is 4.79 Å². The number of nitrogens with one attached hydrogen (secondary N) is 1. The normalized spacial score (nSPS) is 12.0. The zero-order valence-electron chi connectivity index (χ0n) is 15.7. The molecule has 0 fully saturated rings. The van der Waals surface area contributed by atoms with E-state index in [0.29, 0.717) is 22.2 Å². The second kappa shape index (κ2) is 7.99. The quantitative estimate of drug-likeness (QED) is 0.682. The number of rotatable bonds is 5. The van der Waals surface area contributed by atoms with E-state index >= 15 is 0 Å². The topological polar surface area (TPSA) is 103 Å². The Kier molecular flexibility index (Phi) is 5.49. The van der Waals surface area contributed by atoms with Crippen LogP contribution < -0.4 is 10.9 Å². The van der Waals surface area contributed by atoms with Crippen molar-refractivity contribution in [2.45, 2.75) is 19.9 Å². The van der Waals surface area contributed by atoms with E-state index in [1.807, 2.05) is 13.8 Å². The first kappa shape index (κ1) is 19.2. The Morgan fingerprint density at radius 2 is 1.75 bits per heavy atom. The van der Waals surface area contributed by atoms with Crippen LogP contribution in [0.1, 0.15) is 30.2 Å². The van der Waals surface area contributed by atoms with Crippen LogP contribution in [0.25, 0.3) is 10.9 Å². The van der Waals surface area contributed by atoms with Gasteiger partial charge < -0.3 is 10.1 Å². The number of esters is 1.